The fraction of sp³-hybridized carbons (Fsp3) is 0.208. The molecule has 9 heteroatoms. The van der Waals surface area contributed by atoms with E-state index in [0.29, 0.717) is 27.8 Å². The Labute approximate surface area is 199 Å². The van der Waals surface area contributed by atoms with Gasteiger partial charge < -0.3 is 9.84 Å². The minimum absolute atomic E-state index is 0.126. The number of anilines is 2. The highest BCUT2D eigenvalue weighted by molar-refractivity contribution is 6.31. The lowest BCUT2D eigenvalue weighted by Gasteiger charge is -2.37. The molecule has 2 unspecified atom stereocenters. The summed E-state index contributed by atoms with van der Waals surface area (Å²) in [5.41, 5.74) is -0.749. The largest absolute Gasteiger partial charge is 0.435 e. The van der Waals surface area contributed by atoms with Crippen LogP contribution in [0.1, 0.15) is 18.9 Å². The number of nitrogens with zero attached hydrogens (tertiary/aromatic N) is 2. The van der Waals surface area contributed by atoms with Gasteiger partial charge in [-0.25, -0.2) is 4.79 Å². The van der Waals surface area contributed by atoms with Gasteiger partial charge in [-0.15, -0.1) is 0 Å². The number of amides is 2. The Kier molecular flexibility index (Phi) is 6.47. The van der Waals surface area contributed by atoms with Crippen molar-refractivity contribution in [2.45, 2.75) is 31.7 Å². The molecule has 2 amide bonds. The Balaban J connectivity index is 1.91. The smallest absolute Gasteiger partial charge is 0.387 e. The molecule has 1 fully saturated rings. The van der Waals surface area contributed by atoms with Crippen molar-refractivity contribution >= 4 is 40.6 Å². The normalized spacial score (nSPS) is 20.6. The number of carbonyl (C=O) groups is 1. The summed E-state index contributed by atoms with van der Waals surface area (Å²) >= 11 is 12.1. The molecule has 2 atom stereocenters. The van der Waals surface area contributed by atoms with Crippen molar-refractivity contribution in [1.82, 2.24) is 0 Å². The van der Waals surface area contributed by atoms with Gasteiger partial charge in [-0.3, -0.25) is 9.80 Å². The topological polar surface area (TPSA) is 53.0 Å². The quantitative estimate of drug-likeness (QED) is 0.418. The molecular weight excluding hydrogens is 473 g/mol. The molecule has 5 nitrogen and oxygen atoms in total. The van der Waals surface area contributed by atoms with Crippen LogP contribution >= 0.6 is 23.2 Å². The predicted molar refractivity (Wildman–Crippen MR) is 124 cm³/mol. The zero-order chi connectivity index (χ0) is 23.8. The average molecular weight is 493 g/mol. The minimum atomic E-state index is -3.03. The first kappa shape index (κ1) is 23.3. The fourth-order valence-corrected chi connectivity index (χ4v) is 4.45. The number of carbonyl (C=O) groups excluding carboxylic acids is 1. The second-order valence-electron chi connectivity index (χ2n) is 7.50. The summed E-state index contributed by atoms with van der Waals surface area (Å²) in [7, 11) is 0. The molecule has 0 bridgehead atoms. The van der Waals surface area contributed by atoms with Gasteiger partial charge in [0.05, 0.1) is 6.04 Å². The SMILES string of the molecule is CCC1N(c2ccc(Cl)cc2)C(=O)N(c2ccc(Cl)cc2)C1(O)c1cccc(OC(F)F)c1. The van der Waals surface area contributed by atoms with E-state index >= 15 is 0 Å². The zero-order valence-electron chi connectivity index (χ0n) is 17.5. The van der Waals surface area contributed by atoms with E-state index in [2.05, 4.69) is 4.74 Å². The summed E-state index contributed by atoms with van der Waals surface area (Å²) in [5, 5.41) is 13.1. The summed E-state index contributed by atoms with van der Waals surface area (Å²) in [6, 6.07) is 17.6. The van der Waals surface area contributed by atoms with Crippen molar-refractivity contribution in [2.75, 3.05) is 9.80 Å². The van der Waals surface area contributed by atoms with E-state index in [4.69, 9.17) is 23.2 Å². The van der Waals surface area contributed by atoms with Crippen LogP contribution in [0.5, 0.6) is 5.75 Å². The molecule has 1 aliphatic heterocycles. The minimum Gasteiger partial charge on any atom is -0.435 e. The van der Waals surface area contributed by atoms with Crippen molar-refractivity contribution in [2.24, 2.45) is 0 Å². The third-order valence-corrected chi connectivity index (χ3v) is 6.08. The van der Waals surface area contributed by atoms with Crippen LogP contribution in [0.3, 0.4) is 0 Å². The van der Waals surface area contributed by atoms with Gasteiger partial charge in [-0.2, -0.15) is 8.78 Å². The molecule has 0 radical (unpaired) electrons. The number of urea groups is 1. The Bertz CT molecular complexity index is 1150. The highest BCUT2D eigenvalue weighted by Crippen LogP contribution is 2.46. The number of alkyl halides is 2. The Morgan fingerprint density at radius 3 is 2.12 bits per heavy atom. The van der Waals surface area contributed by atoms with Crippen LogP contribution in [0.4, 0.5) is 25.0 Å². The molecule has 1 aliphatic rings. The molecule has 1 N–H and O–H groups in total. The first-order valence-electron chi connectivity index (χ1n) is 10.2. The van der Waals surface area contributed by atoms with Gasteiger partial charge in [0.25, 0.3) is 0 Å². The molecule has 172 valence electrons. The van der Waals surface area contributed by atoms with Gasteiger partial charge in [0, 0.05) is 27.0 Å². The molecule has 1 heterocycles. The lowest BCUT2D eigenvalue weighted by Crippen LogP contribution is -2.49. The molecule has 33 heavy (non-hydrogen) atoms. The molecule has 0 aromatic heterocycles. The summed E-state index contributed by atoms with van der Waals surface area (Å²) in [6.45, 7) is -1.20. The third-order valence-electron chi connectivity index (χ3n) is 5.57. The van der Waals surface area contributed by atoms with Gasteiger partial charge in [0.1, 0.15) is 5.75 Å². The van der Waals surface area contributed by atoms with Crippen LogP contribution in [0.25, 0.3) is 0 Å². The van der Waals surface area contributed by atoms with Crippen molar-refractivity contribution in [3.63, 3.8) is 0 Å². The van der Waals surface area contributed by atoms with Gasteiger partial charge in [0.2, 0.25) is 0 Å². The standard InChI is InChI=1S/C24H20Cl2F2N2O3/c1-2-21-24(32,15-4-3-5-20(14-15)33-22(27)28)30(19-12-8-17(26)9-13-19)23(31)29(21)18-10-6-16(25)7-11-18/h3-14,21-22,32H,2H2,1H3. The van der Waals surface area contributed by atoms with Crippen molar-refractivity contribution in [3.05, 3.63) is 88.4 Å². The van der Waals surface area contributed by atoms with Crippen molar-refractivity contribution in [3.8, 4) is 5.75 Å². The highest BCUT2D eigenvalue weighted by Gasteiger charge is 2.58. The maximum atomic E-state index is 13.8. The van der Waals surface area contributed by atoms with Gasteiger partial charge >= 0.3 is 12.6 Å². The van der Waals surface area contributed by atoms with Crippen molar-refractivity contribution in [1.29, 1.82) is 0 Å². The van der Waals surface area contributed by atoms with Gasteiger partial charge in [-0.05, 0) is 67.1 Å². The first-order chi connectivity index (χ1) is 15.8. The van der Waals surface area contributed by atoms with Crippen LogP contribution in [-0.2, 0) is 5.72 Å². The number of hydrogen-bond acceptors (Lipinski definition) is 3. The molecule has 0 aliphatic carbocycles. The Morgan fingerprint density at radius 2 is 1.58 bits per heavy atom. The fourth-order valence-electron chi connectivity index (χ4n) is 4.20. The monoisotopic (exact) mass is 492 g/mol. The lowest BCUT2D eigenvalue weighted by molar-refractivity contribution is -0.0503. The van der Waals surface area contributed by atoms with Crippen LogP contribution in [0.15, 0.2) is 72.8 Å². The van der Waals surface area contributed by atoms with E-state index in [-0.39, 0.29) is 11.3 Å². The number of rotatable bonds is 6. The molecular formula is C24H20Cl2F2N2O3. The van der Waals surface area contributed by atoms with Crippen molar-refractivity contribution < 1.29 is 23.4 Å². The van der Waals surface area contributed by atoms with E-state index in [1.165, 1.54) is 28.0 Å². The number of aliphatic hydroxyl groups is 1. The van der Waals surface area contributed by atoms with Crippen LogP contribution in [0, 0.1) is 0 Å². The number of halogens is 4. The van der Waals surface area contributed by atoms with E-state index in [1.54, 1.807) is 54.6 Å². The second kappa shape index (κ2) is 9.17. The third kappa shape index (κ3) is 4.24. The van der Waals surface area contributed by atoms with Gasteiger partial charge in [-0.1, -0.05) is 42.3 Å². The summed E-state index contributed by atoms with van der Waals surface area (Å²) in [6.07, 6.45) is 0.356. The lowest BCUT2D eigenvalue weighted by atomic mass is 9.91. The highest BCUT2D eigenvalue weighted by atomic mass is 35.5. The second-order valence-corrected chi connectivity index (χ2v) is 8.37. The van der Waals surface area contributed by atoms with Gasteiger partial charge in [0.15, 0.2) is 5.72 Å². The van der Waals surface area contributed by atoms with Crippen LogP contribution < -0.4 is 14.5 Å². The van der Waals surface area contributed by atoms with E-state index in [9.17, 15) is 18.7 Å². The number of benzene rings is 3. The van der Waals surface area contributed by atoms with Crippen LogP contribution in [-0.4, -0.2) is 23.8 Å². The first-order valence-corrected chi connectivity index (χ1v) is 10.9. The summed E-state index contributed by atoms with van der Waals surface area (Å²) < 4.78 is 30.2. The molecule has 3 aromatic rings. The number of ether oxygens (including phenoxy) is 1. The summed E-state index contributed by atoms with van der Waals surface area (Å²) in [4.78, 5) is 16.5. The zero-order valence-corrected chi connectivity index (χ0v) is 19.0. The number of hydrogen-bond donors (Lipinski definition) is 1. The van der Waals surface area contributed by atoms with Crippen LogP contribution in [0.2, 0.25) is 10.0 Å². The summed E-state index contributed by atoms with van der Waals surface area (Å²) in [5.74, 6) is -0.126. The molecule has 3 aromatic carbocycles. The Morgan fingerprint density at radius 1 is 1.00 bits per heavy atom. The van der Waals surface area contributed by atoms with E-state index in [1.807, 2.05) is 6.92 Å². The van der Waals surface area contributed by atoms with E-state index < -0.39 is 24.4 Å². The Hall–Kier alpha value is -2.87. The molecule has 0 spiro atoms. The predicted octanol–water partition coefficient (Wildman–Crippen LogP) is 6.67. The molecule has 1 saturated heterocycles. The maximum Gasteiger partial charge on any atom is 0.387 e. The molecule has 4 rings (SSSR count). The average Bonchev–Trinajstić information content (AvgIpc) is 3.02. The van der Waals surface area contributed by atoms with E-state index in [0.717, 1.165) is 0 Å². The maximum absolute atomic E-state index is 13.8. The molecule has 0 saturated carbocycles.